The van der Waals surface area contributed by atoms with Crippen molar-refractivity contribution in [1.82, 2.24) is 10.2 Å². The van der Waals surface area contributed by atoms with Crippen molar-refractivity contribution in [3.8, 4) is 0 Å². The minimum absolute atomic E-state index is 0.214. The van der Waals surface area contributed by atoms with Crippen LogP contribution in [0.25, 0.3) is 0 Å². The lowest BCUT2D eigenvalue weighted by Gasteiger charge is -2.13. The number of nitrogens with zero attached hydrogens (tertiary/aromatic N) is 3. The minimum atomic E-state index is -0.539. The van der Waals surface area contributed by atoms with E-state index in [4.69, 9.17) is 11.6 Å². The van der Waals surface area contributed by atoms with Gasteiger partial charge in [0, 0.05) is 0 Å². The number of hydrogen-bond acceptors (Lipinski definition) is 5. The van der Waals surface area contributed by atoms with Crippen LogP contribution >= 0.6 is 22.9 Å². The van der Waals surface area contributed by atoms with Crippen molar-refractivity contribution in [1.29, 1.82) is 0 Å². The molecule has 0 unspecified atom stereocenters. The number of benzene rings is 1. The van der Waals surface area contributed by atoms with Crippen molar-refractivity contribution in [2.45, 2.75) is 6.54 Å². The molecular formula is C11H6ClN3O2S. The van der Waals surface area contributed by atoms with Crippen LogP contribution in [0.3, 0.4) is 0 Å². The quantitative estimate of drug-likeness (QED) is 0.788. The number of hydrogen-bond donors (Lipinski definition) is 0. The highest BCUT2D eigenvalue weighted by molar-refractivity contribution is 7.15. The van der Waals surface area contributed by atoms with E-state index in [1.807, 2.05) is 0 Å². The number of aromatic nitrogens is 2. The van der Waals surface area contributed by atoms with Gasteiger partial charge >= 0.3 is 0 Å². The van der Waals surface area contributed by atoms with Gasteiger partial charge in [0.2, 0.25) is 4.47 Å². The van der Waals surface area contributed by atoms with Crippen LogP contribution in [0.4, 0.5) is 5.69 Å². The van der Waals surface area contributed by atoms with E-state index in [1.165, 1.54) is 16.2 Å². The first kappa shape index (κ1) is 11.3. The Morgan fingerprint density at radius 1 is 1.22 bits per heavy atom. The fourth-order valence-electron chi connectivity index (χ4n) is 1.84. The maximum atomic E-state index is 11.9. The fourth-order valence-corrected chi connectivity index (χ4v) is 2.69. The van der Waals surface area contributed by atoms with Crippen molar-refractivity contribution in [2.24, 2.45) is 0 Å². The molecule has 0 atom stereocenters. The van der Waals surface area contributed by atoms with E-state index < -0.39 is 11.7 Å². The largest absolute Gasteiger partial charge is 0.299 e. The predicted molar refractivity (Wildman–Crippen MR) is 66.9 cm³/mol. The molecule has 1 aliphatic rings. The summed E-state index contributed by atoms with van der Waals surface area (Å²) in [7, 11) is 0. The maximum absolute atomic E-state index is 11.9. The summed E-state index contributed by atoms with van der Waals surface area (Å²) in [4.78, 5) is 25.0. The Kier molecular flexibility index (Phi) is 2.61. The van der Waals surface area contributed by atoms with Gasteiger partial charge in [-0.1, -0.05) is 23.5 Å². The van der Waals surface area contributed by atoms with Crippen LogP contribution in [-0.4, -0.2) is 21.9 Å². The number of amides is 1. The van der Waals surface area contributed by atoms with E-state index in [1.54, 1.807) is 24.3 Å². The Hall–Kier alpha value is -1.79. The molecule has 1 aliphatic heterocycles. The smallest absolute Gasteiger partial charge is 0.298 e. The predicted octanol–water partition coefficient (Wildman–Crippen LogP) is 1.92. The summed E-state index contributed by atoms with van der Waals surface area (Å²) < 4.78 is 0.316. The molecular weight excluding hydrogens is 274 g/mol. The normalized spacial score (nSPS) is 14.2. The lowest BCUT2D eigenvalue weighted by Crippen LogP contribution is -2.29. The third kappa shape index (κ3) is 1.70. The van der Waals surface area contributed by atoms with Gasteiger partial charge in [-0.3, -0.25) is 14.5 Å². The van der Waals surface area contributed by atoms with Gasteiger partial charge in [0.05, 0.1) is 17.8 Å². The summed E-state index contributed by atoms with van der Waals surface area (Å²) in [6.45, 7) is 0.214. The Morgan fingerprint density at radius 3 is 2.72 bits per heavy atom. The topological polar surface area (TPSA) is 63.2 Å². The molecule has 0 bridgehead atoms. The van der Waals surface area contributed by atoms with Crippen LogP contribution in [0.5, 0.6) is 0 Å². The number of halogens is 1. The summed E-state index contributed by atoms with van der Waals surface area (Å²) in [5.74, 6) is -1.02. The Bertz CT molecular complexity index is 655. The van der Waals surface area contributed by atoms with Gasteiger partial charge in [-0.2, -0.15) is 0 Å². The second kappa shape index (κ2) is 4.15. The van der Waals surface area contributed by atoms with E-state index in [9.17, 15) is 9.59 Å². The van der Waals surface area contributed by atoms with Crippen molar-refractivity contribution >= 4 is 40.3 Å². The standard InChI is InChI=1S/C11H6ClN3O2S/c12-11-14-13-8(18-11)5-15-7-4-2-1-3-6(7)9(16)10(15)17/h1-4H,5H2. The summed E-state index contributed by atoms with van der Waals surface area (Å²) in [5, 5.41) is 8.11. The number of rotatable bonds is 2. The van der Waals surface area contributed by atoms with E-state index >= 15 is 0 Å². The number of fused-ring (bicyclic) bond motifs is 1. The van der Waals surface area contributed by atoms with E-state index in [2.05, 4.69) is 10.2 Å². The van der Waals surface area contributed by atoms with Gasteiger partial charge in [-0.25, -0.2) is 0 Å². The minimum Gasteiger partial charge on any atom is -0.298 e. The van der Waals surface area contributed by atoms with Gasteiger partial charge < -0.3 is 0 Å². The molecule has 2 aromatic rings. The molecule has 7 heteroatoms. The highest BCUT2D eigenvalue weighted by Gasteiger charge is 2.35. The number of carbonyl (C=O) groups is 2. The van der Waals surface area contributed by atoms with Crippen LogP contribution in [0.15, 0.2) is 24.3 Å². The molecule has 0 fully saturated rings. The maximum Gasteiger partial charge on any atom is 0.299 e. The summed E-state index contributed by atoms with van der Waals surface area (Å²) in [6, 6.07) is 6.89. The van der Waals surface area contributed by atoms with E-state index in [0.717, 1.165) is 0 Å². The first-order valence-corrected chi connectivity index (χ1v) is 6.29. The number of ketones is 1. The Morgan fingerprint density at radius 2 is 2.00 bits per heavy atom. The van der Waals surface area contributed by atoms with Crippen LogP contribution < -0.4 is 4.90 Å². The second-order valence-corrected chi connectivity index (χ2v) is 5.33. The van der Waals surface area contributed by atoms with Crippen LogP contribution in [0.1, 0.15) is 15.4 Å². The van der Waals surface area contributed by atoms with Gasteiger partial charge in [0.15, 0.2) is 0 Å². The molecule has 2 heterocycles. The van der Waals surface area contributed by atoms with Gasteiger partial charge in [-0.05, 0) is 23.7 Å². The molecule has 3 rings (SSSR count). The molecule has 1 aromatic heterocycles. The average molecular weight is 280 g/mol. The molecule has 18 heavy (non-hydrogen) atoms. The van der Waals surface area contributed by atoms with Crippen LogP contribution in [0.2, 0.25) is 4.47 Å². The monoisotopic (exact) mass is 279 g/mol. The third-order valence-electron chi connectivity index (χ3n) is 2.61. The summed E-state index contributed by atoms with van der Waals surface area (Å²) in [6.07, 6.45) is 0. The van der Waals surface area contributed by atoms with Crippen molar-refractivity contribution < 1.29 is 9.59 Å². The molecule has 1 aromatic carbocycles. The van der Waals surface area contributed by atoms with Crippen molar-refractivity contribution in [3.63, 3.8) is 0 Å². The molecule has 0 spiro atoms. The van der Waals surface area contributed by atoms with Crippen molar-refractivity contribution in [3.05, 3.63) is 39.3 Å². The zero-order valence-corrected chi connectivity index (χ0v) is 10.5. The first-order valence-electron chi connectivity index (χ1n) is 5.10. The molecule has 0 N–H and O–H groups in total. The molecule has 0 radical (unpaired) electrons. The number of Topliss-reactive ketones (excluding diaryl/α,β-unsaturated/α-hetero) is 1. The molecule has 1 amide bonds. The van der Waals surface area contributed by atoms with E-state index in [0.29, 0.717) is 20.7 Å². The second-order valence-electron chi connectivity index (χ2n) is 3.69. The molecule has 0 aliphatic carbocycles. The van der Waals surface area contributed by atoms with Gasteiger partial charge in [0.1, 0.15) is 5.01 Å². The lowest BCUT2D eigenvalue weighted by atomic mass is 10.1. The lowest BCUT2D eigenvalue weighted by molar-refractivity contribution is -0.114. The zero-order valence-electron chi connectivity index (χ0n) is 8.96. The van der Waals surface area contributed by atoms with Gasteiger partial charge in [-0.15, -0.1) is 10.2 Å². The molecule has 90 valence electrons. The molecule has 5 nitrogen and oxygen atoms in total. The zero-order chi connectivity index (χ0) is 12.7. The van der Waals surface area contributed by atoms with Crippen molar-refractivity contribution in [2.75, 3.05) is 4.90 Å². The Labute approximate surface area is 111 Å². The summed E-state index contributed by atoms with van der Waals surface area (Å²) in [5.41, 5.74) is 1.04. The Balaban J connectivity index is 1.98. The SMILES string of the molecule is O=C1C(=O)N(Cc2nnc(Cl)s2)c2ccccc21. The third-order valence-corrected chi connectivity index (χ3v) is 3.62. The van der Waals surface area contributed by atoms with E-state index in [-0.39, 0.29) is 6.54 Å². The highest BCUT2D eigenvalue weighted by atomic mass is 35.5. The number of carbonyl (C=O) groups excluding carboxylic acids is 2. The van der Waals surface area contributed by atoms with Gasteiger partial charge in [0.25, 0.3) is 11.7 Å². The average Bonchev–Trinajstić information content (AvgIpc) is 2.88. The molecule has 0 saturated heterocycles. The number of anilines is 1. The van der Waals surface area contributed by atoms with Crippen LogP contribution in [0, 0.1) is 0 Å². The number of para-hydroxylation sites is 1. The molecule has 0 saturated carbocycles. The highest BCUT2D eigenvalue weighted by Crippen LogP contribution is 2.30. The van der Waals surface area contributed by atoms with Crippen LogP contribution in [-0.2, 0) is 11.3 Å². The first-order chi connectivity index (χ1) is 8.66. The summed E-state index contributed by atoms with van der Waals surface area (Å²) >= 11 is 6.88. The fraction of sp³-hybridized carbons (Fsp3) is 0.0909.